The topological polar surface area (TPSA) is 111 Å². The molecule has 2 aliphatic heterocycles. The first kappa shape index (κ1) is 29.5. The van der Waals surface area contributed by atoms with Crippen LogP contribution < -0.4 is 4.90 Å². The SMILES string of the molecule is O=C(O)C(F)(F)F.O=C(O)C(F)(F)F.O=C1CC[C@@H]2[C@@H](CCN2Cc2cccnc2)N1c1ccccc1. The molecule has 2 atom stereocenters. The van der Waals surface area contributed by atoms with Gasteiger partial charge in [-0.25, -0.2) is 9.59 Å². The molecule has 0 saturated carbocycles. The lowest BCUT2D eigenvalue weighted by atomic mass is 9.95. The number of para-hydroxylation sites is 1. The number of carboxylic acid groups (broad SMARTS) is 2. The van der Waals surface area contributed by atoms with Crippen LogP contribution in [0.15, 0.2) is 54.9 Å². The zero-order chi connectivity index (χ0) is 27.8. The van der Waals surface area contributed by atoms with E-state index in [4.69, 9.17) is 19.8 Å². The van der Waals surface area contributed by atoms with Crippen LogP contribution in [0.5, 0.6) is 0 Å². The number of hydrogen-bond donors (Lipinski definition) is 2. The summed E-state index contributed by atoms with van der Waals surface area (Å²) >= 11 is 0. The zero-order valence-electron chi connectivity index (χ0n) is 19.1. The second kappa shape index (κ2) is 12.5. The van der Waals surface area contributed by atoms with Crippen molar-refractivity contribution in [2.75, 3.05) is 11.4 Å². The summed E-state index contributed by atoms with van der Waals surface area (Å²) in [5.41, 5.74) is 2.28. The van der Waals surface area contributed by atoms with Crippen molar-refractivity contribution < 1.29 is 50.9 Å². The summed E-state index contributed by atoms with van der Waals surface area (Å²) in [6.07, 6.45) is -3.76. The van der Waals surface area contributed by atoms with Crippen LogP contribution in [0, 0.1) is 0 Å². The lowest BCUT2D eigenvalue weighted by molar-refractivity contribution is -0.193. The minimum Gasteiger partial charge on any atom is -0.475 e. The molecule has 2 saturated heterocycles. The Labute approximate surface area is 207 Å². The van der Waals surface area contributed by atoms with Crippen LogP contribution in [0.4, 0.5) is 32.0 Å². The highest BCUT2D eigenvalue weighted by atomic mass is 19.4. The van der Waals surface area contributed by atoms with Crippen LogP contribution in [-0.2, 0) is 20.9 Å². The number of halogens is 6. The number of fused-ring (bicyclic) bond motifs is 1. The maximum Gasteiger partial charge on any atom is 0.490 e. The van der Waals surface area contributed by atoms with E-state index in [2.05, 4.69) is 16.0 Å². The molecule has 2 aromatic rings. The van der Waals surface area contributed by atoms with Crippen LogP contribution in [0.2, 0.25) is 0 Å². The summed E-state index contributed by atoms with van der Waals surface area (Å²) in [5, 5.41) is 14.2. The molecular formula is C23H23F6N3O5. The number of piperidine rings is 1. The molecule has 2 N–H and O–H groups in total. The Balaban J connectivity index is 0.000000286. The highest BCUT2D eigenvalue weighted by Crippen LogP contribution is 2.35. The first-order chi connectivity index (χ1) is 17.2. The number of pyridine rings is 1. The number of carboxylic acids is 2. The zero-order valence-corrected chi connectivity index (χ0v) is 19.1. The van der Waals surface area contributed by atoms with Crippen molar-refractivity contribution in [1.29, 1.82) is 0 Å². The Bertz CT molecular complexity index is 1030. The van der Waals surface area contributed by atoms with Gasteiger partial charge in [0.2, 0.25) is 5.91 Å². The Morgan fingerprint density at radius 1 is 0.892 bits per heavy atom. The smallest absolute Gasteiger partial charge is 0.475 e. The van der Waals surface area contributed by atoms with E-state index in [-0.39, 0.29) is 5.91 Å². The van der Waals surface area contributed by atoms with E-state index in [9.17, 15) is 31.1 Å². The van der Waals surface area contributed by atoms with Crippen molar-refractivity contribution in [3.8, 4) is 0 Å². The molecular weight excluding hydrogens is 512 g/mol. The number of nitrogens with zero attached hydrogens (tertiary/aromatic N) is 3. The van der Waals surface area contributed by atoms with Gasteiger partial charge in [0, 0.05) is 43.6 Å². The van der Waals surface area contributed by atoms with Gasteiger partial charge in [-0.2, -0.15) is 26.3 Å². The predicted molar refractivity (Wildman–Crippen MR) is 117 cm³/mol. The number of hydrogen-bond acceptors (Lipinski definition) is 5. The molecule has 8 nitrogen and oxygen atoms in total. The second-order valence-electron chi connectivity index (χ2n) is 8.00. The van der Waals surface area contributed by atoms with E-state index >= 15 is 0 Å². The average Bonchev–Trinajstić information content (AvgIpc) is 3.22. The van der Waals surface area contributed by atoms with Crippen LogP contribution in [0.25, 0.3) is 0 Å². The van der Waals surface area contributed by atoms with E-state index in [1.165, 1.54) is 5.56 Å². The number of alkyl halides is 6. The summed E-state index contributed by atoms with van der Waals surface area (Å²) in [6.45, 7) is 1.96. The maximum absolute atomic E-state index is 12.5. The van der Waals surface area contributed by atoms with E-state index in [1.807, 2.05) is 53.7 Å². The van der Waals surface area contributed by atoms with Gasteiger partial charge in [0.15, 0.2) is 0 Å². The van der Waals surface area contributed by atoms with Gasteiger partial charge in [0.25, 0.3) is 0 Å². The van der Waals surface area contributed by atoms with Gasteiger partial charge in [-0.3, -0.25) is 14.7 Å². The van der Waals surface area contributed by atoms with Crippen LogP contribution in [0.3, 0.4) is 0 Å². The Kier molecular flexibility index (Phi) is 10.00. The van der Waals surface area contributed by atoms with Gasteiger partial charge in [0.1, 0.15) is 0 Å². The molecule has 1 aromatic carbocycles. The number of amides is 1. The number of aliphatic carboxylic acids is 2. The van der Waals surface area contributed by atoms with Gasteiger partial charge < -0.3 is 15.1 Å². The molecule has 202 valence electrons. The summed E-state index contributed by atoms with van der Waals surface area (Å²) in [7, 11) is 0. The van der Waals surface area contributed by atoms with E-state index in [0.717, 1.165) is 31.6 Å². The van der Waals surface area contributed by atoms with E-state index < -0.39 is 24.3 Å². The van der Waals surface area contributed by atoms with E-state index in [0.29, 0.717) is 18.5 Å². The maximum atomic E-state index is 12.5. The molecule has 1 aromatic heterocycles. The Morgan fingerprint density at radius 2 is 1.46 bits per heavy atom. The quantitative estimate of drug-likeness (QED) is 0.569. The number of benzene rings is 1. The first-order valence-corrected chi connectivity index (χ1v) is 10.8. The van der Waals surface area contributed by atoms with Crippen LogP contribution in [-0.4, -0.2) is 68.9 Å². The first-order valence-electron chi connectivity index (χ1n) is 10.8. The molecule has 3 heterocycles. The van der Waals surface area contributed by atoms with Crippen LogP contribution in [0.1, 0.15) is 24.8 Å². The minimum atomic E-state index is -5.08. The molecule has 2 fully saturated rings. The molecule has 1 amide bonds. The number of anilines is 1. The highest BCUT2D eigenvalue weighted by Gasteiger charge is 2.43. The fourth-order valence-electron chi connectivity index (χ4n) is 4.00. The number of carbonyl (C=O) groups is 3. The monoisotopic (exact) mass is 535 g/mol. The lowest BCUT2D eigenvalue weighted by Gasteiger charge is -2.39. The van der Waals surface area contributed by atoms with Crippen molar-refractivity contribution in [3.05, 3.63) is 60.4 Å². The standard InChI is InChI=1S/C19H21N3O.2C2HF3O2/c23-19-9-8-17-18(22(19)16-6-2-1-3-7-16)10-12-21(17)14-15-5-4-11-20-13-15;2*3-2(4,5)1(6)7/h1-7,11,13,17-18H,8-10,12,14H2;2*(H,6,7)/t17-,18-;;/m1../s1. The highest BCUT2D eigenvalue weighted by molar-refractivity contribution is 5.95. The number of aromatic nitrogens is 1. The normalized spacial score (nSPS) is 19.6. The number of likely N-dealkylation sites (tertiary alicyclic amines) is 1. The third kappa shape index (κ3) is 8.74. The van der Waals surface area contributed by atoms with Crippen molar-refractivity contribution in [3.63, 3.8) is 0 Å². The summed E-state index contributed by atoms with van der Waals surface area (Å²) in [5.74, 6) is -5.25. The van der Waals surface area contributed by atoms with Crippen LogP contribution >= 0.6 is 0 Å². The molecule has 2 aliphatic rings. The number of rotatable bonds is 3. The fourth-order valence-corrected chi connectivity index (χ4v) is 4.00. The lowest BCUT2D eigenvalue weighted by Crippen LogP contribution is -2.52. The molecule has 37 heavy (non-hydrogen) atoms. The largest absolute Gasteiger partial charge is 0.490 e. The molecule has 0 bridgehead atoms. The fraction of sp³-hybridized carbons (Fsp3) is 0.391. The van der Waals surface area contributed by atoms with Gasteiger partial charge in [0.05, 0.1) is 6.04 Å². The number of carbonyl (C=O) groups excluding carboxylic acids is 1. The predicted octanol–water partition coefficient (Wildman–Crippen LogP) is 4.12. The molecule has 0 spiro atoms. The summed E-state index contributed by atoms with van der Waals surface area (Å²) < 4.78 is 63.5. The van der Waals surface area contributed by atoms with Gasteiger partial charge in [-0.05, 0) is 36.6 Å². The average molecular weight is 535 g/mol. The van der Waals surface area contributed by atoms with Gasteiger partial charge >= 0.3 is 24.3 Å². The van der Waals surface area contributed by atoms with E-state index in [1.54, 1.807) is 0 Å². The summed E-state index contributed by atoms with van der Waals surface area (Å²) in [6, 6.07) is 15.0. The van der Waals surface area contributed by atoms with Crippen molar-refractivity contribution in [2.45, 2.75) is 50.2 Å². The molecule has 14 heteroatoms. The third-order valence-corrected chi connectivity index (χ3v) is 5.51. The summed E-state index contributed by atoms with van der Waals surface area (Å²) in [4.78, 5) is 39.1. The molecule has 0 aliphatic carbocycles. The minimum absolute atomic E-state index is 0.265. The van der Waals surface area contributed by atoms with Crippen molar-refractivity contribution >= 4 is 23.5 Å². The second-order valence-corrected chi connectivity index (χ2v) is 8.00. The molecule has 0 unspecified atom stereocenters. The van der Waals surface area contributed by atoms with Crippen molar-refractivity contribution in [1.82, 2.24) is 9.88 Å². The molecule has 4 rings (SSSR count). The van der Waals surface area contributed by atoms with Gasteiger partial charge in [-0.1, -0.05) is 24.3 Å². The van der Waals surface area contributed by atoms with Crippen molar-refractivity contribution in [2.24, 2.45) is 0 Å². The molecule has 0 radical (unpaired) electrons. The Hall–Kier alpha value is -3.68. The van der Waals surface area contributed by atoms with Gasteiger partial charge in [-0.15, -0.1) is 0 Å². The third-order valence-electron chi connectivity index (χ3n) is 5.51. The Morgan fingerprint density at radius 3 is 1.95 bits per heavy atom.